The van der Waals surface area contributed by atoms with Gasteiger partial charge in [0, 0.05) is 6.42 Å². The van der Waals surface area contributed by atoms with Gasteiger partial charge in [-0.1, -0.05) is 12.8 Å². The van der Waals surface area contributed by atoms with Crippen molar-refractivity contribution in [3.05, 3.63) is 0 Å². The van der Waals surface area contributed by atoms with Gasteiger partial charge in [0.25, 0.3) is 0 Å². The molecule has 1 aliphatic rings. The summed E-state index contributed by atoms with van der Waals surface area (Å²) in [6.45, 7) is 3.96. The van der Waals surface area contributed by atoms with Crippen LogP contribution in [-0.4, -0.2) is 25.0 Å². The lowest BCUT2D eigenvalue weighted by Crippen LogP contribution is -2.34. The highest BCUT2D eigenvalue weighted by Gasteiger charge is 2.18. The molecule has 2 unspecified atom stereocenters. The lowest BCUT2D eigenvalue weighted by molar-refractivity contribution is -0.122. The van der Waals surface area contributed by atoms with Crippen molar-refractivity contribution in [2.75, 3.05) is 13.1 Å². The Kier molecular flexibility index (Phi) is 4.48. The van der Waals surface area contributed by atoms with Crippen molar-refractivity contribution in [2.24, 2.45) is 5.92 Å². The Morgan fingerprint density at radius 2 is 2.57 bits per heavy atom. The maximum atomic E-state index is 11.5. The third-order valence-electron chi connectivity index (χ3n) is 2.58. The fraction of sp³-hybridized carbons (Fsp3) is 0.727. The first-order chi connectivity index (χ1) is 6.76. The average molecular weight is 194 g/mol. The zero-order valence-corrected chi connectivity index (χ0v) is 8.68. The second kappa shape index (κ2) is 5.66. The summed E-state index contributed by atoms with van der Waals surface area (Å²) in [6, 6.07) is -0.100. The van der Waals surface area contributed by atoms with Crippen LogP contribution in [0.4, 0.5) is 0 Å². The Morgan fingerprint density at radius 1 is 1.79 bits per heavy atom. The van der Waals surface area contributed by atoms with Gasteiger partial charge in [0.1, 0.15) is 0 Å². The molecular formula is C11H18N2O. The van der Waals surface area contributed by atoms with E-state index in [1.165, 1.54) is 0 Å². The van der Waals surface area contributed by atoms with E-state index in [0.29, 0.717) is 12.3 Å². The van der Waals surface area contributed by atoms with Crippen molar-refractivity contribution in [2.45, 2.75) is 32.2 Å². The molecule has 0 bridgehead atoms. The summed E-state index contributed by atoms with van der Waals surface area (Å²) in [4.78, 5) is 11.5. The van der Waals surface area contributed by atoms with Crippen LogP contribution in [-0.2, 0) is 4.79 Å². The third kappa shape index (κ3) is 3.39. The van der Waals surface area contributed by atoms with E-state index >= 15 is 0 Å². The molecule has 2 atom stereocenters. The Labute approximate surface area is 85.6 Å². The molecule has 1 heterocycles. The smallest absolute Gasteiger partial charge is 0.221 e. The average Bonchev–Trinajstić information content (AvgIpc) is 2.66. The topological polar surface area (TPSA) is 41.1 Å². The molecular weight excluding hydrogens is 176 g/mol. The normalized spacial score (nSPS) is 22.7. The predicted octanol–water partition coefficient (Wildman–Crippen LogP) is 0.514. The molecule has 1 saturated heterocycles. The monoisotopic (exact) mass is 194 g/mol. The minimum Gasteiger partial charge on any atom is -0.342 e. The summed E-state index contributed by atoms with van der Waals surface area (Å²) in [7, 11) is 0. The highest BCUT2D eigenvalue weighted by Crippen LogP contribution is 2.11. The molecule has 14 heavy (non-hydrogen) atoms. The first-order valence-corrected chi connectivity index (χ1v) is 5.22. The maximum absolute atomic E-state index is 11.5. The Hall–Kier alpha value is -1.01. The van der Waals surface area contributed by atoms with E-state index in [1.807, 2.05) is 6.92 Å². The zero-order chi connectivity index (χ0) is 10.4. The Bertz CT molecular complexity index is 226. The summed E-state index contributed by atoms with van der Waals surface area (Å²) in [6.07, 6.45) is 7.76. The van der Waals surface area contributed by atoms with Crippen LogP contribution < -0.4 is 10.6 Å². The molecule has 0 aliphatic carbocycles. The highest BCUT2D eigenvalue weighted by atomic mass is 16.1. The van der Waals surface area contributed by atoms with Crippen LogP contribution in [0.25, 0.3) is 0 Å². The van der Waals surface area contributed by atoms with Crippen LogP contribution in [0.5, 0.6) is 0 Å². The number of rotatable bonds is 4. The van der Waals surface area contributed by atoms with E-state index < -0.39 is 0 Å². The fourth-order valence-electron chi connectivity index (χ4n) is 1.67. The van der Waals surface area contributed by atoms with Crippen LogP contribution in [0, 0.1) is 18.3 Å². The minimum absolute atomic E-state index is 0.0866. The fourth-order valence-corrected chi connectivity index (χ4v) is 1.67. The van der Waals surface area contributed by atoms with Gasteiger partial charge in [-0.3, -0.25) is 4.79 Å². The van der Waals surface area contributed by atoms with E-state index in [4.69, 9.17) is 6.42 Å². The highest BCUT2D eigenvalue weighted by molar-refractivity contribution is 5.76. The van der Waals surface area contributed by atoms with Gasteiger partial charge in [0.2, 0.25) is 5.91 Å². The van der Waals surface area contributed by atoms with Crippen LogP contribution in [0.1, 0.15) is 26.2 Å². The summed E-state index contributed by atoms with van der Waals surface area (Å²) >= 11 is 0. The van der Waals surface area contributed by atoms with Crippen LogP contribution in [0.15, 0.2) is 0 Å². The van der Waals surface area contributed by atoms with Crippen LogP contribution >= 0.6 is 0 Å². The molecule has 1 fully saturated rings. The Morgan fingerprint density at radius 3 is 3.07 bits per heavy atom. The molecule has 3 heteroatoms. The predicted molar refractivity (Wildman–Crippen MR) is 56.6 cm³/mol. The number of carbonyl (C=O) groups is 1. The molecule has 3 nitrogen and oxygen atoms in total. The largest absolute Gasteiger partial charge is 0.342 e. The molecule has 1 aliphatic heterocycles. The number of carbonyl (C=O) groups excluding carboxylic acids is 1. The molecule has 0 aromatic carbocycles. The molecule has 2 N–H and O–H groups in total. The molecule has 0 aromatic heterocycles. The SMILES string of the molecule is C#CC(CC)NC(=O)CC1CCNC1. The van der Waals surface area contributed by atoms with E-state index in [0.717, 1.165) is 25.9 Å². The van der Waals surface area contributed by atoms with E-state index in [1.54, 1.807) is 0 Å². The number of hydrogen-bond acceptors (Lipinski definition) is 2. The van der Waals surface area contributed by atoms with Crippen LogP contribution in [0.2, 0.25) is 0 Å². The van der Waals surface area contributed by atoms with Gasteiger partial charge in [-0.2, -0.15) is 0 Å². The summed E-state index contributed by atoms with van der Waals surface area (Å²) in [5.41, 5.74) is 0. The number of hydrogen-bond donors (Lipinski definition) is 2. The molecule has 78 valence electrons. The van der Waals surface area contributed by atoms with E-state index in [9.17, 15) is 4.79 Å². The maximum Gasteiger partial charge on any atom is 0.221 e. The van der Waals surface area contributed by atoms with Gasteiger partial charge in [-0.25, -0.2) is 0 Å². The van der Waals surface area contributed by atoms with Crippen molar-refractivity contribution in [3.8, 4) is 12.3 Å². The number of nitrogens with one attached hydrogen (secondary N) is 2. The van der Waals surface area contributed by atoms with Crippen LogP contribution in [0.3, 0.4) is 0 Å². The molecule has 0 spiro atoms. The minimum atomic E-state index is -0.100. The summed E-state index contributed by atoms with van der Waals surface area (Å²) < 4.78 is 0. The van der Waals surface area contributed by atoms with Crippen molar-refractivity contribution >= 4 is 5.91 Å². The third-order valence-corrected chi connectivity index (χ3v) is 2.58. The lowest BCUT2D eigenvalue weighted by Gasteiger charge is -2.12. The molecule has 0 saturated carbocycles. The molecule has 1 amide bonds. The Balaban J connectivity index is 2.24. The van der Waals surface area contributed by atoms with Gasteiger partial charge < -0.3 is 10.6 Å². The quantitative estimate of drug-likeness (QED) is 0.640. The first kappa shape index (κ1) is 11.1. The van der Waals surface area contributed by atoms with Gasteiger partial charge >= 0.3 is 0 Å². The lowest BCUT2D eigenvalue weighted by atomic mass is 10.0. The standard InChI is InChI=1S/C11H18N2O/c1-3-10(4-2)13-11(14)7-9-5-6-12-8-9/h1,9-10,12H,4-8H2,2H3,(H,13,14). The van der Waals surface area contributed by atoms with Gasteiger partial charge in [-0.05, 0) is 31.8 Å². The van der Waals surface area contributed by atoms with Crippen molar-refractivity contribution in [3.63, 3.8) is 0 Å². The van der Waals surface area contributed by atoms with Crippen molar-refractivity contribution in [1.82, 2.24) is 10.6 Å². The molecule has 0 radical (unpaired) electrons. The van der Waals surface area contributed by atoms with E-state index in [-0.39, 0.29) is 11.9 Å². The first-order valence-electron chi connectivity index (χ1n) is 5.22. The van der Waals surface area contributed by atoms with E-state index in [2.05, 4.69) is 16.6 Å². The van der Waals surface area contributed by atoms with Gasteiger partial charge in [0.15, 0.2) is 0 Å². The number of terminal acetylenes is 1. The van der Waals surface area contributed by atoms with Crippen molar-refractivity contribution < 1.29 is 4.79 Å². The molecule has 0 aromatic rings. The second-order valence-corrected chi connectivity index (χ2v) is 3.76. The van der Waals surface area contributed by atoms with Gasteiger partial charge in [-0.15, -0.1) is 6.42 Å². The second-order valence-electron chi connectivity index (χ2n) is 3.76. The number of amides is 1. The van der Waals surface area contributed by atoms with Crippen molar-refractivity contribution in [1.29, 1.82) is 0 Å². The summed E-state index contributed by atoms with van der Waals surface area (Å²) in [5.74, 6) is 3.14. The van der Waals surface area contributed by atoms with Gasteiger partial charge in [0.05, 0.1) is 6.04 Å². The summed E-state index contributed by atoms with van der Waals surface area (Å²) in [5, 5.41) is 6.08. The zero-order valence-electron chi connectivity index (χ0n) is 8.68. The molecule has 1 rings (SSSR count).